The van der Waals surface area contributed by atoms with Crippen molar-refractivity contribution in [3.05, 3.63) is 88.5 Å². The van der Waals surface area contributed by atoms with Crippen LogP contribution in [0, 0.1) is 12.8 Å². The van der Waals surface area contributed by atoms with Crippen LogP contribution in [-0.2, 0) is 37.4 Å². The molecule has 1 aliphatic heterocycles. The predicted octanol–water partition coefficient (Wildman–Crippen LogP) is 6.69. The van der Waals surface area contributed by atoms with Crippen LogP contribution in [-0.4, -0.2) is 34.6 Å². The summed E-state index contributed by atoms with van der Waals surface area (Å²) in [6.07, 6.45) is 6.00. The second-order valence-corrected chi connectivity index (χ2v) is 14.5. The van der Waals surface area contributed by atoms with E-state index in [1.165, 1.54) is 17.1 Å². The molecule has 0 spiro atoms. The molecule has 1 N–H and O–H groups in total. The average molecular weight is 599 g/mol. The standard InChI is InChI=1S/C31H38N2O6S2/c1-21(2)31(13-12-23-10-8-7-9-11-23)18-25(34)28(29(35)38-31)40-27-16-22(3)26(17-24(27)30(4,5)6)39-41(36,37)20-33-15-14-32-19-33/h7-11,14-17,19,21,34H,12-13,18,20H2,1-6H3. The van der Waals surface area contributed by atoms with Gasteiger partial charge in [0.15, 0.2) is 5.88 Å². The molecule has 1 aliphatic rings. The number of ether oxygens (including phenoxy) is 1. The normalized spacial score (nSPS) is 18.1. The highest BCUT2D eigenvalue weighted by molar-refractivity contribution is 8.04. The van der Waals surface area contributed by atoms with Crippen molar-refractivity contribution in [3.63, 3.8) is 0 Å². The highest BCUT2D eigenvalue weighted by Crippen LogP contribution is 2.46. The van der Waals surface area contributed by atoms with E-state index in [9.17, 15) is 18.3 Å². The Morgan fingerprint density at radius 3 is 2.49 bits per heavy atom. The molecule has 0 fully saturated rings. The van der Waals surface area contributed by atoms with Crippen LogP contribution < -0.4 is 4.18 Å². The molecule has 1 aromatic heterocycles. The summed E-state index contributed by atoms with van der Waals surface area (Å²) >= 11 is 1.14. The van der Waals surface area contributed by atoms with Crippen LogP contribution in [0.15, 0.2) is 76.7 Å². The van der Waals surface area contributed by atoms with E-state index < -0.39 is 27.1 Å². The van der Waals surface area contributed by atoms with E-state index in [2.05, 4.69) is 4.98 Å². The maximum atomic E-state index is 13.4. The van der Waals surface area contributed by atoms with Gasteiger partial charge in [-0.3, -0.25) is 0 Å². The SMILES string of the molecule is Cc1cc(SC2=C(O)CC(CCc3ccccc3)(C(C)C)OC2=O)c(C(C)(C)C)cc1OS(=O)(=O)Cn1ccnc1. The van der Waals surface area contributed by atoms with Gasteiger partial charge in [0.2, 0.25) is 0 Å². The van der Waals surface area contributed by atoms with E-state index in [0.29, 0.717) is 16.9 Å². The van der Waals surface area contributed by atoms with Gasteiger partial charge < -0.3 is 18.6 Å². The van der Waals surface area contributed by atoms with Gasteiger partial charge in [-0.2, -0.15) is 8.42 Å². The van der Waals surface area contributed by atoms with Crippen molar-refractivity contribution in [2.45, 2.75) is 82.6 Å². The Bertz CT molecular complexity index is 1520. The molecule has 4 rings (SSSR count). The third-order valence-corrected chi connectivity index (χ3v) is 9.53. The number of hydrogen-bond donors (Lipinski definition) is 1. The first-order chi connectivity index (χ1) is 19.2. The molecule has 1 unspecified atom stereocenters. The number of thioether (sulfide) groups is 1. The monoisotopic (exact) mass is 598 g/mol. The van der Waals surface area contributed by atoms with Gasteiger partial charge in [0.25, 0.3) is 0 Å². The molecule has 0 amide bonds. The van der Waals surface area contributed by atoms with Gasteiger partial charge in [-0.15, -0.1) is 0 Å². The zero-order chi connectivity index (χ0) is 30.0. The van der Waals surface area contributed by atoms with E-state index in [1.54, 1.807) is 25.3 Å². The van der Waals surface area contributed by atoms with Gasteiger partial charge in [0, 0.05) is 23.7 Å². The molecule has 2 heterocycles. The summed E-state index contributed by atoms with van der Waals surface area (Å²) < 4.78 is 38.5. The highest BCUT2D eigenvalue weighted by Gasteiger charge is 2.44. The van der Waals surface area contributed by atoms with Crippen molar-refractivity contribution >= 4 is 27.8 Å². The van der Waals surface area contributed by atoms with Gasteiger partial charge in [-0.05, 0) is 59.9 Å². The van der Waals surface area contributed by atoms with Gasteiger partial charge in [0.1, 0.15) is 22.0 Å². The van der Waals surface area contributed by atoms with Crippen molar-refractivity contribution in [1.29, 1.82) is 0 Å². The Kier molecular flexibility index (Phi) is 8.94. The molecule has 41 heavy (non-hydrogen) atoms. The van der Waals surface area contributed by atoms with Crippen molar-refractivity contribution in [3.8, 4) is 5.75 Å². The van der Waals surface area contributed by atoms with Crippen LogP contribution >= 0.6 is 11.8 Å². The van der Waals surface area contributed by atoms with Gasteiger partial charge in [-0.25, -0.2) is 9.78 Å². The zero-order valence-corrected chi connectivity index (χ0v) is 26.0. The summed E-state index contributed by atoms with van der Waals surface area (Å²) in [5.74, 6) is -0.710. The van der Waals surface area contributed by atoms with E-state index in [4.69, 9.17) is 8.92 Å². The lowest BCUT2D eigenvalue weighted by Crippen LogP contribution is -2.44. The quantitative estimate of drug-likeness (QED) is 0.203. The van der Waals surface area contributed by atoms with Crippen LogP contribution in [0.4, 0.5) is 0 Å². The predicted molar refractivity (Wildman–Crippen MR) is 160 cm³/mol. The van der Waals surface area contributed by atoms with Gasteiger partial charge in [0.05, 0.1) is 6.33 Å². The molecule has 10 heteroatoms. The fourth-order valence-electron chi connectivity index (χ4n) is 4.84. The molecule has 0 bridgehead atoms. The van der Waals surface area contributed by atoms with Crippen LogP contribution in [0.1, 0.15) is 64.2 Å². The molecule has 0 saturated heterocycles. The number of nitrogens with zero attached hydrogens (tertiary/aromatic N) is 2. The van der Waals surface area contributed by atoms with E-state index in [-0.39, 0.29) is 34.6 Å². The molecule has 8 nitrogen and oxygen atoms in total. The third kappa shape index (κ3) is 7.35. The molecule has 0 radical (unpaired) electrons. The Hall–Kier alpha value is -3.24. The fourth-order valence-corrected chi connectivity index (χ4v) is 7.11. The first-order valence-electron chi connectivity index (χ1n) is 13.6. The van der Waals surface area contributed by atoms with Crippen LogP contribution in [0.5, 0.6) is 5.75 Å². The minimum atomic E-state index is -3.95. The van der Waals surface area contributed by atoms with Crippen molar-refractivity contribution in [2.75, 3.05) is 0 Å². The second kappa shape index (κ2) is 11.9. The number of aliphatic hydroxyl groups is 1. The van der Waals surface area contributed by atoms with Crippen molar-refractivity contribution in [1.82, 2.24) is 9.55 Å². The molecular weight excluding hydrogens is 560 g/mol. The molecular formula is C31H38N2O6S2. The summed E-state index contributed by atoms with van der Waals surface area (Å²) in [4.78, 5) is 18.2. The fraction of sp³-hybridized carbons (Fsp3) is 0.419. The molecule has 0 aliphatic carbocycles. The maximum Gasteiger partial charge on any atom is 0.349 e. The summed E-state index contributed by atoms with van der Waals surface area (Å²) in [6, 6.07) is 13.5. The largest absolute Gasteiger partial charge is 0.511 e. The summed E-state index contributed by atoms with van der Waals surface area (Å²) in [7, 11) is -3.95. The van der Waals surface area contributed by atoms with Crippen molar-refractivity contribution in [2.24, 2.45) is 5.92 Å². The maximum absolute atomic E-state index is 13.4. The molecule has 2 aromatic carbocycles. The van der Waals surface area contributed by atoms with Crippen LogP contribution in [0.25, 0.3) is 0 Å². The number of imidazole rings is 1. The van der Waals surface area contributed by atoms with Gasteiger partial charge in [-0.1, -0.05) is 76.7 Å². The minimum Gasteiger partial charge on any atom is -0.511 e. The first-order valence-corrected chi connectivity index (χ1v) is 16.0. The minimum absolute atomic E-state index is 0.00283. The molecule has 0 saturated carbocycles. The zero-order valence-electron chi connectivity index (χ0n) is 24.4. The summed E-state index contributed by atoms with van der Waals surface area (Å²) in [5, 5.41) is 11.2. The second-order valence-electron chi connectivity index (χ2n) is 11.9. The Morgan fingerprint density at radius 1 is 1.20 bits per heavy atom. The van der Waals surface area contributed by atoms with Crippen LogP contribution in [0.3, 0.4) is 0 Å². The number of aliphatic hydroxyl groups excluding tert-OH is 1. The number of benzene rings is 2. The topological polar surface area (TPSA) is 108 Å². The first kappa shape index (κ1) is 30.7. The number of aromatic nitrogens is 2. The Morgan fingerprint density at radius 2 is 1.90 bits per heavy atom. The highest BCUT2D eigenvalue weighted by atomic mass is 32.2. The summed E-state index contributed by atoms with van der Waals surface area (Å²) in [6.45, 7) is 11.7. The molecule has 220 valence electrons. The van der Waals surface area contributed by atoms with E-state index >= 15 is 0 Å². The number of esters is 1. The Balaban J connectivity index is 1.62. The number of hydrogen-bond acceptors (Lipinski definition) is 8. The average Bonchev–Trinajstić information content (AvgIpc) is 3.38. The smallest absolute Gasteiger partial charge is 0.349 e. The van der Waals surface area contributed by atoms with E-state index in [0.717, 1.165) is 29.3 Å². The van der Waals surface area contributed by atoms with Crippen molar-refractivity contribution < 1.29 is 27.2 Å². The number of cyclic esters (lactones) is 1. The molecule has 1 atom stereocenters. The van der Waals surface area contributed by atoms with Gasteiger partial charge >= 0.3 is 16.1 Å². The third-order valence-electron chi connectivity index (χ3n) is 7.32. The van der Waals surface area contributed by atoms with E-state index in [1.807, 2.05) is 65.0 Å². The number of carbonyl (C=O) groups is 1. The summed E-state index contributed by atoms with van der Waals surface area (Å²) in [5.41, 5.74) is 1.27. The number of rotatable bonds is 10. The molecule has 3 aromatic rings. The lowest BCUT2D eigenvalue weighted by molar-refractivity contribution is -0.164. The number of aryl methyl sites for hydroxylation is 2. The Labute approximate surface area is 246 Å². The van der Waals surface area contributed by atoms with Crippen LogP contribution in [0.2, 0.25) is 0 Å². The number of carbonyl (C=O) groups excluding carboxylic acids is 1. The lowest BCUT2D eigenvalue weighted by atomic mass is 9.80. The lowest BCUT2D eigenvalue weighted by Gasteiger charge is -2.40.